The van der Waals surface area contributed by atoms with E-state index in [1.165, 1.54) is 0 Å². The first-order valence-corrected chi connectivity index (χ1v) is 10.8. The fraction of sp³-hybridized carbons (Fsp3) is 0.476. The summed E-state index contributed by atoms with van der Waals surface area (Å²) in [6, 6.07) is 5.01. The Hall–Kier alpha value is -1.93. The second kappa shape index (κ2) is 9.92. The predicted molar refractivity (Wildman–Crippen MR) is 125 cm³/mol. The maximum Gasteiger partial charge on any atom is 0.155 e. The summed E-state index contributed by atoms with van der Waals surface area (Å²) in [5, 5.41) is 19.4. The number of aromatic nitrogens is 2. The average molecular weight is 453 g/mol. The number of piperidine rings is 1. The number of rotatable bonds is 4. The minimum absolute atomic E-state index is 0.000808. The number of nitrogen functional groups attached to an aromatic ring is 1. The molecule has 1 atom stereocenters. The number of hydrogen-bond acceptors (Lipinski definition) is 7. The number of anilines is 2. The highest BCUT2D eigenvalue weighted by Gasteiger charge is 2.30. The highest BCUT2D eigenvalue weighted by Crippen LogP contribution is 2.32. The summed E-state index contributed by atoms with van der Waals surface area (Å²) >= 11 is 12.3. The molecule has 0 radical (unpaired) electrons. The fourth-order valence-electron chi connectivity index (χ4n) is 3.20. The molecule has 1 saturated heterocycles. The number of nitrogens with one attached hydrogen (secondary N) is 1. The van der Waals surface area contributed by atoms with Crippen LogP contribution in [0.1, 0.15) is 63.6 Å². The van der Waals surface area contributed by atoms with Crippen molar-refractivity contribution in [2.75, 3.05) is 23.7 Å². The molecule has 9 heteroatoms. The van der Waals surface area contributed by atoms with Crippen molar-refractivity contribution in [1.82, 2.24) is 9.97 Å². The van der Waals surface area contributed by atoms with Crippen LogP contribution in [-0.2, 0) is 0 Å². The first-order chi connectivity index (χ1) is 14.1. The van der Waals surface area contributed by atoms with Crippen molar-refractivity contribution < 1.29 is 5.11 Å². The van der Waals surface area contributed by atoms with Gasteiger partial charge in [-0.25, -0.2) is 9.97 Å². The molecule has 0 spiro atoms. The highest BCUT2D eigenvalue weighted by atomic mass is 35.5. The molecule has 6 N–H and O–H groups in total. The lowest BCUT2D eigenvalue weighted by molar-refractivity contribution is 0.194. The van der Waals surface area contributed by atoms with Crippen molar-refractivity contribution in [3.8, 4) is 0 Å². The van der Waals surface area contributed by atoms with Gasteiger partial charge in [0, 0.05) is 24.2 Å². The summed E-state index contributed by atoms with van der Waals surface area (Å²) in [4.78, 5) is 11.0. The van der Waals surface area contributed by atoms with Crippen LogP contribution >= 0.6 is 23.2 Å². The Labute approximate surface area is 187 Å². The average Bonchev–Trinajstić information content (AvgIpc) is 2.70. The lowest BCUT2D eigenvalue weighted by Crippen LogP contribution is -2.48. The SMILES string of the molecule is CC.CC(O)c1nc(C(=N)c2cccc(Cl)c2Cl)c(N)nc1N1CCC(C)(N)CC1. The highest BCUT2D eigenvalue weighted by molar-refractivity contribution is 6.44. The number of benzene rings is 1. The molecule has 1 aromatic heterocycles. The van der Waals surface area contributed by atoms with E-state index in [4.69, 9.17) is 40.1 Å². The van der Waals surface area contributed by atoms with E-state index in [-0.39, 0.29) is 27.8 Å². The lowest BCUT2D eigenvalue weighted by atomic mass is 9.91. The molecule has 0 saturated carbocycles. The molecule has 164 valence electrons. The smallest absolute Gasteiger partial charge is 0.155 e. The summed E-state index contributed by atoms with van der Waals surface area (Å²) in [5.74, 6) is 0.623. The van der Waals surface area contributed by atoms with Crippen LogP contribution in [0.25, 0.3) is 0 Å². The number of nitrogens with zero attached hydrogens (tertiary/aromatic N) is 3. The molecule has 1 aliphatic rings. The molecule has 1 fully saturated rings. The summed E-state index contributed by atoms with van der Waals surface area (Å²) < 4.78 is 0. The van der Waals surface area contributed by atoms with Gasteiger partial charge in [-0.3, -0.25) is 5.41 Å². The van der Waals surface area contributed by atoms with Gasteiger partial charge in [0.25, 0.3) is 0 Å². The Morgan fingerprint density at radius 1 is 1.23 bits per heavy atom. The number of nitrogens with two attached hydrogens (primary N) is 2. The van der Waals surface area contributed by atoms with Gasteiger partial charge < -0.3 is 21.5 Å². The summed E-state index contributed by atoms with van der Waals surface area (Å²) in [6.07, 6.45) is 0.711. The van der Waals surface area contributed by atoms with Gasteiger partial charge in [-0.1, -0.05) is 49.2 Å². The van der Waals surface area contributed by atoms with Crippen LogP contribution in [0.15, 0.2) is 18.2 Å². The van der Waals surface area contributed by atoms with Crippen molar-refractivity contribution in [2.45, 2.75) is 52.2 Å². The minimum atomic E-state index is -0.879. The Bertz CT molecular complexity index is 907. The normalized spacial score (nSPS) is 16.5. The molecular weight excluding hydrogens is 423 g/mol. The van der Waals surface area contributed by atoms with Crippen molar-refractivity contribution in [2.24, 2.45) is 5.73 Å². The first-order valence-electron chi connectivity index (χ1n) is 10.0. The lowest BCUT2D eigenvalue weighted by Gasteiger charge is -2.38. The van der Waals surface area contributed by atoms with Crippen LogP contribution in [0.3, 0.4) is 0 Å². The molecule has 7 nitrogen and oxygen atoms in total. The van der Waals surface area contributed by atoms with Gasteiger partial charge in [-0.15, -0.1) is 0 Å². The van der Waals surface area contributed by atoms with E-state index in [1.54, 1.807) is 25.1 Å². The van der Waals surface area contributed by atoms with Gasteiger partial charge in [0.1, 0.15) is 11.4 Å². The summed E-state index contributed by atoms with van der Waals surface area (Å²) in [6.45, 7) is 9.02. The standard InChI is InChI=1S/C19H24Cl2N6O.C2H6/c1-10(28)15-18(27-8-6-19(2,24)7-9-27)26-17(23)16(25-15)14(22)11-4-3-5-12(20)13(11)21;1-2/h3-5,10,22,28H,6-9,24H2,1-2H3,(H2,23,26);1-2H3. The number of aliphatic hydroxyl groups excluding tert-OH is 1. The monoisotopic (exact) mass is 452 g/mol. The van der Waals surface area contributed by atoms with E-state index in [0.717, 1.165) is 12.8 Å². The quantitative estimate of drug-likeness (QED) is 0.515. The molecule has 0 bridgehead atoms. The molecule has 30 heavy (non-hydrogen) atoms. The third kappa shape index (κ3) is 5.21. The molecule has 0 aliphatic carbocycles. The molecule has 2 heterocycles. The van der Waals surface area contributed by atoms with Crippen LogP contribution in [0.2, 0.25) is 10.0 Å². The van der Waals surface area contributed by atoms with Crippen molar-refractivity contribution in [3.05, 3.63) is 45.2 Å². The van der Waals surface area contributed by atoms with Gasteiger partial charge >= 0.3 is 0 Å². The van der Waals surface area contributed by atoms with Crippen LogP contribution in [-0.4, -0.2) is 39.4 Å². The van der Waals surface area contributed by atoms with E-state index >= 15 is 0 Å². The van der Waals surface area contributed by atoms with Crippen LogP contribution in [0.5, 0.6) is 0 Å². The van der Waals surface area contributed by atoms with E-state index in [2.05, 4.69) is 9.97 Å². The molecule has 0 amide bonds. The Balaban J connectivity index is 0.00000155. The topological polar surface area (TPSA) is 125 Å². The van der Waals surface area contributed by atoms with E-state index in [1.807, 2.05) is 25.7 Å². The molecule has 1 unspecified atom stereocenters. The second-order valence-corrected chi connectivity index (χ2v) is 8.24. The third-order valence-corrected chi connectivity index (χ3v) is 5.81. The van der Waals surface area contributed by atoms with Crippen LogP contribution < -0.4 is 16.4 Å². The number of hydrogen-bond donors (Lipinski definition) is 4. The van der Waals surface area contributed by atoms with Crippen LogP contribution in [0, 0.1) is 5.41 Å². The second-order valence-electron chi connectivity index (χ2n) is 7.46. The third-order valence-electron chi connectivity index (χ3n) is 4.99. The maximum atomic E-state index is 10.3. The van der Waals surface area contributed by atoms with Gasteiger partial charge in [-0.2, -0.15) is 0 Å². The van der Waals surface area contributed by atoms with E-state index < -0.39 is 6.10 Å². The largest absolute Gasteiger partial charge is 0.387 e. The summed E-state index contributed by atoms with van der Waals surface area (Å²) in [5.41, 5.74) is 13.1. The number of halogens is 2. The Morgan fingerprint density at radius 2 is 1.83 bits per heavy atom. The zero-order valence-corrected chi connectivity index (χ0v) is 19.3. The number of aliphatic hydroxyl groups is 1. The maximum absolute atomic E-state index is 10.3. The van der Waals surface area contributed by atoms with Crippen molar-refractivity contribution in [1.29, 1.82) is 5.41 Å². The van der Waals surface area contributed by atoms with Crippen LogP contribution in [0.4, 0.5) is 11.6 Å². The van der Waals surface area contributed by atoms with Gasteiger partial charge in [0.05, 0.1) is 21.9 Å². The fourth-order valence-corrected chi connectivity index (χ4v) is 3.60. The first kappa shape index (κ1) is 24.3. The zero-order chi connectivity index (χ0) is 22.6. The van der Waals surface area contributed by atoms with E-state index in [0.29, 0.717) is 35.2 Å². The minimum Gasteiger partial charge on any atom is -0.387 e. The zero-order valence-electron chi connectivity index (χ0n) is 17.8. The molecular formula is C21H30Cl2N6O. The summed E-state index contributed by atoms with van der Waals surface area (Å²) in [7, 11) is 0. The van der Waals surface area contributed by atoms with Crippen molar-refractivity contribution in [3.63, 3.8) is 0 Å². The molecule has 2 aromatic rings. The van der Waals surface area contributed by atoms with Gasteiger partial charge in [0.15, 0.2) is 11.6 Å². The Kier molecular flexibility index (Phi) is 8.05. The Morgan fingerprint density at radius 3 is 2.40 bits per heavy atom. The molecule has 3 rings (SSSR count). The van der Waals surface area contributed by atoms with Gasteiger partial charge in [-0.05, 0) is 32.8 Å². The molecule has 1 aromatic carbocycles. The van der Waals surface area contributed by atoms with Crippen molar-refractivity contribution >= 4 is 40.5 Å². The van der Waals surface area contributed by atoms with Gasteiger partial charge in [0.2, 0.25) is 0 Å². The molecule has 1 aliphatic heterocycles. The predicted octanol–water partition coefficient (Wildman–Crippen LogP) is 4.18. The van der Waals surface area contributed by atoms with E-state index in [9.17, 15) is 5.11 Å².